The molecule has 2 aromatic rings. The van der Waals surface area contributed by atoms with Crippen molar-refractivity contribution in [1.29, 1.82) is 0 Å². The molecule has 0 unspecified atom stereocenters. The molecule has 3 rings (SSSR count). The van der Waals surface area contributed by atoms with E-state index in [1.807, 2.05) is 37.3 Å². The molecule has 1 aromatic heterocycles. The van der Waals surface area contributed by atoms with Gasteiger partial charge in [0.1, 0.15) is 11.5 Å². The van der Waals surface area contributed by atoms with Crippen LogP contribution in [-0.2, 0) is 17.6 Å². The van der Waals surface area contributed by atoms with E-state index < -0.39 is 0 Å². The average molecular weight is 326 g/mol. The molecule has 1 aliphatic rings. The predicted octanol–water partition coefficient (Wildman–Crippen LogP) is 3.38. The van der Waals surface area contributed by atoms with Gasteiger partial charge in [0, 0.05) is 23.1 Å². The van der Waals surface area contributed by atoms with Crippen LogP contribution in [0.1, 0.15) is 31.0 Å². The highest BCUT2D eigenvalue weighted by atomic mass is 16.5. The Labute approximate surface area is 142 Å². The highest BCUT2D eigenvalue weighted by molar-refractivity contribution is 5.91. The number of nitrogens with one attached hydrogen (secondary N) is 1. The number of hydrogen-bond donors (Lipinski definition) is 1. The van der Waals surface area contributed by atoms with E-state index in [2.05, 4.69) is 10.3 Å². The number of pyridine rings is 1. The highest BCUT2D eigenvalue weighted by Crippen LogP contribution is 2.27. The van der Waals surface area contributed by atoms with Crippen LogP contribution >= 0.6 is 0 Å². The lowest BCUT2D eigenvalue weighted by molar-refractivity contribution is -0.118. The van der Waals surface area contributed by atoms with Crippen molar-refractivity contribution >= 4 is 11.6 Å². The summed E-state index contributed by atoms with van der Waals surface area (Å²) in [7, 11) is 0. The minimum Gasteiger partial charge on any atom is -0.494 e. The third-order valence-corrected chi connectivity index (χ3v) is 4.00. The van der Waals surface area contributed by atoms with Gasteiger partial charge < -0.3 is 14.8 Å². The van der Waals surface area contributed by atoms with E-state index >= 15 is 0 Å². The summed E-state index contributed by atoms with van der Waals surface area (Å²) >= 11 is 0. The average Bonchev–Trinajstić information content (AvgIpc) is 2.62. The van der Waals surface area contributed by atoms with Crippen molar-refractivity contribution in [2.75, 3.05) is 18.5 Å². The second kappa shape index (κ2) is 7.81. The molecule has 0 bridgehead atoms. The summed E-state index contributed by atoms with van der Waals surface area (Å²) in [5, 5.41) is 2.83. The molecule has 1 aliphatic carbocycles. The van der Waals surface area contributed by atoms with E-state index in [-0.39, 0.29) is 12.5 Å². The molecule has 24 heavy (non-hydrogen) atoms. The number of fused-ring (bicyclic) bond motifs is 1. The van der Waals surface area contributed by atoms with Crippen molar-refractivity contribution in [1.82, 2.24) is 4.98 Å². The maximum Gasteiger partial charge on any atom is 0.262 e. The first kappa shape index (κ1) is 16.3. The minimum atomic E-state index is -0.180. The Balaban J connectivity index is 1.56. The standard InChI is InChI=1S/C19H22N2O3/c1-2-23-15-9-7-14(8-10-15)21-19(22)13-24-18-11-12-20-17-6-4-3-5-16(17)18/h7-12H,2-6,13H2,1H3,(H,21,22). The topological polar surface area (TPSA) is 60.5 Å². The van der Waals surface area contributed by atoms with Gasteiger partial charge in [0.05, 0.1) is 6.61 Å². The largest absolute Gasteiger partial charge is 0.494 e. The molecule has 5 heteroatoms. The normalized spacial score (nSPS) is 13.0. The highest BCUT2D eigenvalue weighted by Gasteiger charge is 2.15. The molecular weight excluding hydrogens is 304 g/mol. The fourth-order valence-corrected chi connectivity index (χ4v) is 2.87. The Bertz CT molecular complexity index is 698. The molecule has 0 atom stereocenters. The van der Waals surface area contributed by atoms with Crippen molar-refractivity contribution in [3.8, 4) is 11.5 Å². The zero-order valence-corrected chi connectivity index (χ0v) is 13.9. The van der Waals surface area contributed by atoms with Crippen molar-refractivity contribution in [2.24, 2.45) is 0 Å². The number of rotatable bonds is 6. The Morgan fingerprint density at radius 1 is 1.12 bits per heavy atom. The number of anilines is 1. The summed E-state index contributed by atoms with van der Waals surface area (Å²) in [6.07, 6.45) is 6.03. The lowest BCUT2D eigenvalue weighted by Crippen LogP contribution is -2.21. The molecule has 5 nitrogen and oxygen atoms in total. The van der Waals surface area contributed by atoms with Gasteiger partial charge in [-0.15, -0.1) is 0 Å². The van der Waals surface area contributed by atoms with Crippen molar-refractivity contribution in [2.45, 2.75) is 32.6 Å². The lowest BCUT2D eigenvalue weighted by Gasteiger charge is -2.18. The van der Waals surface area contributed by atoms with Crippen LogP contribution in [0, 0.1) is 0 Å². The number of amides is 1. The van der Waals surface area contributed by atoms with Crippen molar-refractivity contribution in [3.63, 3.8) is 0 Å². The molecule has 0 fully saturated rings. The molecule has 0 aliphatic heterocycles. The summed E-state index contributed by atoms with van der Waals surface area (Å²) in [6, 6.07) is 9.14. The molecule has 0 spiro atoms. The molecule has 0 saturated heterocycles. The van der Waals surface area contributed by atoms with Crippen LogP contribution in [0.2, 0.25) is 0 Å². The Morgan fingerprint density at radius 3 is 2.71 bits per heavy atom. The summed E-state index contributed by atoms with van der Waals surface area (Å²) in [4.78, 5) is 16.5. The van der Waals surface area contributed by atoms with E-state index in [9.17, 15) is 4.79 Å². The van der Waals surface area contributed by atoms with Crippen LogP contribution in [0.4, 0.5) is 5.69 Å². The first-order valence-corrected chi connectivity index (χ1v) is 8.38. The molecular formula is C19H22N2O3. The Morgan fingerprint density at radius 2 is 1.92 bits per heavy atom. The van der Waals surface area contributed by atoms with Crippen LogP contribution in [0.25, 0.3) is 0 Å². The molecule has 0 saturated carbocycles. The lowest BCUT2D eigenvalue weighted by atomic mass is 9.95. The number of carbonyl (C=O) groups excluding carboxylic acids is 1. The molecule has 1 amide bonds. The number of benzene rings is 1. The molecule has 0 radical (unpaired) electrons. The van der Waals surface area contributed by atoms with Crippen molar-refractivity contribution < 1.29 is 14.3 Å². The minimum absolute atomic E-state index is 0.0103. The summed E-state index contributed by atoms with van der Waals surface area (Å²) in [6.45, 7) is 2.55. The number of aryl methyl sites for hydroxylation is 1. The maximum absolute atomic E-state index is 12.1. The van der Waals surface area contributed by atoms with Crippen LogP contribution in [0.15, 0.2) is 36.5 Å². The van der Waals surface area contributed by atoms with E-state index in [0.29, 0.717) is 6.61 Å². The maximum atomic E-state index is 12.1. The fraction of sp³-hybridized carbons (Fsp3) is 0.368. The van der Waals surface area contributed by atoms with Gasteiger partial charge >= 0.3 is 0 Å². The van der Waals surface area contributed by atoms with Crippen LogP contribution in [0.5, 0.6) is 11.5 Å². The predicted molar refractivity (Wildman–Crippen MR) is 92.6 cm³/mol. The SMILES string of the molecule is CCOc1ccc(NC(=O)COc2ccnc3c2CCCC3)cc1. The van der Waals surface area contributed by atoms with E-state index in [1.165, 1.54) is 6.42 Å². The van der Waals surface area contributed by atoms with Crippen molar-refractivity contribution in [3.05, 3.63) is 47.8 Å². The Kier molecular flexibility index (Phi) is 5.31. The zero-order chi connectivity index (χ0) is 16.8. The smallest absolute Gasteiger partial charge is 0.262 e. The summed E-state index contributed by atoms with van der Waals surface area (Å²) in [5.74, 6) is 1.39. The van der Waals surface area contributed by atoms with E-state index in [4.69, 9.17) is 9.47 Å². The first-order valence-electron chi connectivity index (χ1n) is 8.38. The van der Waals surface area contributed by atoms with Crippen LogP contribution in [0.3, 0.4) is 0 Å². The van der Waals surface area contributed by atoms with Gasteiger partial charge in [-0.25, -0.2) is 0 Å². The number of ether oxygens (including phenoxy) is 2. The quantitative estimate of drug-likeness (QED) is 0.884. The van der Waals surface area contributed by atoms with E-state index in [1.54, 1.807) is 6.20 Å². The van der Waals surface area contributed by atoms with E-state index in [0.717, 1.165) is 47.7 Å². The second-order valence-electron chi connectivity index (χ2n) is 5.74. The number of nitrogens with zero attached hydrogens (tertiary/aromatic N) is 1. The molecule has 1 N–H and O–H groups in total. The molecule has 1 aromatic carbocycles. The van der Waals surface area contributed by atoms with Crippen LogP contribution in [-0.4, -0.2) is 24.1 Å². The fourth-order valence-electron chi connectivity index (χ4n) is 2.87. The van der Waals surface area contributed by atoms with Gasteiger partial charge in [0.25, 0.3) is 5.91 Å². The number of aromatic nitrogens is 1. The Hall–Kier alpha value is -2.56. The van der Waals surface area contributed by atoms with Gasteiger partial charge in [-0.05, 0) is 62.9 Å². The third kappa shape index (κ3) is 4.04. The zero-order valence-electron chi connectivity index (χ0n) is 13.9. The van der Waals surface area contributed by atoms with Gasteiger partial charge in [-0.2, -0.15) is 0 Å². The van der Waals surface area contributed by atoms with Gasteiger partial charge in [-0.1, -0.05) is 0 Å². The molecule has 126 valence electrons. The van der Waals surface area contributed by atoms with Crippen LogP contribution < -0.4 is 14.8 Å². The summed E-state index contributed by atoms with van der Waals surface area (Å²) < 4.78 is 11.1. The van der Waals surface area contributed by atoms with Gasteiger partial charge in [0.2, 0.25) is 0 Å². The number of hydrogen-bond acceptors (Lipinski definition) is 4. The number of carbonyl (C=O) groups is 1. The summed E-state index contributed by atoms with van der Waals surface area (Å²) in [5.41, 5.74) is 2.98. The van der Waals surface area contributed by atoms with Gasteiger partial charge in [-0.3, -0.25) is 9.78 Å². The molecule has 1 heterocycles. The third-order valence-electron chi connectivity index (χ3n) is 4.00. The monoisotopic (exact) mass is 326 g/mol. The first-order chi connectivity index (χ1) is 11.8. The second-order valence-corrected chi connectivity index (χ2v) is 5.74. The van der Waals surface area contributed by atoms with Gasteiger partial charge in [0.15, 0.2) is 6.61 Å².